The molecule has 0 aliphatic carbocycles. The number of aryl methyl sites for hydroxylation is 2. The Labute approximate surface area is 151 Å². The maximum absolute atomic E-state index is 12.1. The Morgan fingerprint density at radius 2 is 1.88 bits per heavy atom. The van der Waals surface area contributed by atoms with Crippen LogP contribution in [0.15, 0.2) is 36.4 Å². The van der Waals surface area contributed by atoms with Crippen LogP contribution in [0.4, 0.5) is 5.69 Å². The molecular weight excluding hydrogens is 342 g/mol. The number of hydrogen-bond acceptors (Lipinski definition) is 4. The quantitative estimate of drug-likeness (QED) is 0.785. The highest BCUT2D eigenvalue weighted by atomic mass is 35.5. The standard InChI is InChI=1S/C19H20ClNO4/c1-4-24-19(23)15-10-14(6-7-16(15)20)21-18(22)11-25-17-8-5-12(2)9-13(17)3/h5-10H,4,11H2,1-3H3,(H,21,22). The summed E-state index contributed by atoms with van der Waals surface area (Å²) in [6.45, 7) is 5.73. The number of ether oxygens (including phenoxy) is 2. The zero-order valence-corrected chi connectivity index (χ0v) is 15.1. The Morgan fingerprint density at radius 1 is 1.12 bits per heavy atom. The van der Waals surface area contributed by atoms with Crippen molar-refractivity contribution in [2.75, 3.05) is 18.5 Å². The van der Waals surface area contributed by atoms with Crippen molar-refractivity contribution in [3.8, 4) is 5.75 Å². The number of rotatable bonds is 6. The second kappa shape index (κ2) is 8.53. The summed E-state index contributed by atoms with van der Waals surface area (Å²) in [5, 5.41) is 2.94. The number of anilines is 1. The van der Waals surface area contributed by atoms with Crippen LogP contribution >= 0.6 is 11.6 Å². The fourth-order valence-electron chi connectivity index (χ4n) is 2.27. The molecule has 0 saturated carbocycles. The van der Waals surface area contributed by atoms with Crippen molar-refractivity contribution in [3.63, 3.8) is 0 Å². The van der Waals surface area contributed by atoms with Gasteiger partial charge in [-0.3, -0.25) is 4.79 Å². The minimum Gasteiger partial charge on any atom is -0.483 e. The van der Waals surface area contributed by atoms with E-state index in [1.807, 2.05) is 32.0 Å². The van der Waals surface area contributed by atoms with Crippen molar-refractivity contribution in [3.05, 3.63) is 58.1 Å². The van der Waals surface area contributed by atoms with Crippen molar-refractivity contribution in [1.82, 2.24) is 0 Å². The van der Waals surface area contributed by atoms with E-state index in [9.17, 15) is 9.59 Å². The van der Waals surface area contributed by atoms with E-state index in [-0.39, 0.29) is 29.7 Å². The van der Waals surface area contributed by atoms with Crippen LogP contribution in [0.25, 0.3) is 0 Å². The predicted molar refractivity (Wildman–Crippen MR) is 97.4 cm³/mol. The number of amides is 1. The first-order valence-electron chi connectivity index (χ1n) is 7.87. The molecule has 5 nitrogen and oxygen atoms in total. The second-order valence-electron chi connectivity index (χ2n) is 5.52. The fourth-order valence-corrected chi connectivity index (χ4v) is 2.46. The molecule has 2 aromatic rings. The molecule has 6 heteroatoms. The normalized spacial score (nSPS) is 10.2. The van der Waals surface area contributed by atoms with Crippen LogP contribution in [-0.4, -0.2) is 25.1 Å². The van der Waals surface area contributed by atoms with Crippen molar-refractivity contribution < 1.29 is 19.1 Å². The zero-order chi connectivity index (χ0) is 18.4. The Kier molecular flexibility index (Phi) is 6.42. The molecular formula is C19H20ClNO4. The third-order valence-electron chi connectivity index (χ3n) is 3.43. The number of esters is 1. The molecule has 0 aliphatic rings. The number of hydrogen-bond donors (Lipinski definition) is 1. The van der Waals surface area contributed by atoms with Crippen molar-refractivity contribution in [2.24, 2.45) is 0 Å². The van der Waals surface area contributed by atoms with Gasteiger partial charge < -0.3 is 14.8 Å². The first-order chi connectivity index (χ1) is 11.9. The van der Waals surface area contributed by atoms with Gasteiger partial charge in [-0.15, -0.1) is 0 Å². The first-order valence-corrected chi connectivity index (χ1v) is 8.25. The molecule has 1 amide bonds. The molecule has 2 aromatic carbocycles. The molecule has 0 unspecified atom stereocenters. The lowest BCUT2D eigenvalue weighted by atomic mass is 10.1. The van der Waals surface area contributed by atoms with E-state index < -0.39 is 5.97 Å². The third kappa shape index (κ3) is 5.22. The van der Waals surface area contributed by atoms with Gasteiger partial charge in [-0.1, -0.05) is 29.3 Å². The van der Waals surface area contributed by atoms with Crippen molar-refractivity contribution in [2.45, 2.75) is 20.8 Å². The van der Waals surface area contributed by atoms with Crippen molar-refractivity contribution >= 4 is 29.2 Å². The lowest BCUT2D eigenvalue weighted by Crippen LogP contribution is -2.20. The number of nitrogens with one attached hydrogen (secondary N) is 1. The molecule has 132 valence electrons. The lowest BCUT2D eigenvalue weighted by molar-refractivity contribution is -0.118. The summed E-state index contributed by atoms with van der Waals surface area (Å²) < 4.78 is 10.5. The highest BCUT2D eigenvalue weighted by molar-refractivity contribution is 6.33. The molecule has 0 heterocycles. The number of carbonyl (C=O) groups is 2. The van der Waals surface area contributed by atoms with Gasteiger partial charge in [-0.05, 0) is 50.6 Å². The Hall–Kier alpha value is -2.53. The van der Waals surface area contributed by atoms with Gasteiger partial charge in [-0.2, -0.15) is 0 Å². The minimum absolute atomic E-state index is 0.138. The summed E-state index contributed by atoms with van der Waals surface area (Å²) in [5.74, 6) is -0.212. The summed E-state index contributed by atoms with van der Waals surface area (Å²) >= 11 is 6.00. The Morgan fingerprint density at radius 3 is 2.56 bits per heavy atom. The molecule has 0 atom stereocenters. The number of benzene rings is 2. The van der Waals surface area contributed by atoms with E-state index in [0.717, 1.165) is 11.1 Å². The van der Waals surface area contributed by atoms with Gasteiger partial charge in [0.25, 0.3) is 5.91 Å². The fraction of sp³-hybridized carbons (Fsp3) is 0.263. The first kappa shape index (κ1) is 18.8. The van der Waals surface area contributed by atoms with Gasteiger partial charge in [0.1, 0.15) is 5.75 Å². The van der Waals surface area contributed by atoms with Crippen LogP contribution < -0.4 is 10.1 Å². The molecule has 2 rings (SSSR count). The Bertz CT molecular complexity index is 789. The SMILES string of the molecule is CCOC(=O)c1cc(NC(=O)COc2ccc(C)cc2C)ccc1Cl. The molecule has 25 heavy (non-hydrogen) atoms. The van der Waals surface area contributed by atoms with Gasteiger partial charge in [0, 0.05) is 5.69 Å². The van der Waals surface area contributed by atoms with Gasteiger partial charge in [0.2, 0.25) is 0 Å². The smallest absolute Gasteiger partial charge is 0.339 e. The minimum atomic E-state index is -0.532. The molecule has 0 radical (unpaired) electrons. The summed E-state index contributed by atoms with van der Waals surface area (Å²) in [6.07, 6.45) is 0. The van der Waals surface area contributed by atoms with Crippen molar-refractivity contribution in [1.29, 1.82) is 0 Å². The maximum Gasteiger partial charge on any atom is 0.339 e. The summed E-state index contributed by atoms with van der Waals surface area (Å²) in [5.41, 5.74) is 2.74. The highest BCUT2D eigenvalue weighted by Gasteiger charge is 2.13. The van der Waals surface area contributed by atoms with Gasteiger partial charge in [0.05, 0.1) is 17.2 Å². The monoisotopic (exact) mass is 361 g/mol. The van der Waals surface area contributed by atoms with Crippen LogP contribution in [-0.2, 0) is 9.53 Å². The van der Waals surface area contributed by atoms with E-state index in [0.29, 0.717) is 11.4 Å². The van der Waals surface area contributed by atoms with Crippen LogP contribution in [0.5, 0.6) is 5.75 Å². The second-order valence-corrected chi connectivity index (χ2v) is 5.93. The average molecular weight is 362 g/mol. The summed E-state index contributed by atoms with van der Waals surface area (Å²) in [6, 6.07) is 10.4. The van der Waals surface area contributed by atoms with E-state index in [2.05, 4.69) is 5.32 Å². The number of halogens is 1. The third-order valence-corrected chi connectivity index (χ3v) is 3.76. The van der Waals surface area contributed by atoms with Crippen LogP contribution in [0.3, 0.4) is 0 Å². The van der Waals surface area contributed by atoms with E-state index in [4.69, 9.17) is 21.1 Å². The van der Waals surface area contributed by atoms with Gasteiger partial charge >= 0.3 is 5.97 Å². The summed E-state index contributed by atoms with van der Waals surface area (Å²) in [4.78, 5) is 23.9. The number of carbonyl (C=O) groups excluding carboxylic acids is 2. The predicted octanol–water partition coefficient (Wildman–Crippen LogP) is 4.15. The Balaban J connectivity index is 2.00. The van der Waals surface area contributed by atoms with Crippen LogP contribution in [0.1, 0.15) is 28.4 Å². The molecule has 0 aromatic heterocycles. The van der Waals surface area contributed by atoms with E-state index >= 15 is 0 Å². The van der Waals surface area contributed by atoms with E-state index in [1.54, 1.807) is 13.0 Å². The van der Waals surface area contributed by atoms with Crippen LogP contribution in [0.2, 0.25) is 5.02 Å². The highest BCUT2D eigenvalue weighted by Crippen LogP contribution is 2.22. The summed E-state index contributed by atoms with van der Waals surface area (Å²) in [7, 11) is 0. The van der Waals surface area contributed by atoms with Gasteiger partial charge in [0.15, 0.2) is 6.61 Å². The maximum atomic E-state index is 12.1. The van der Waals surface area contributed by atoms with E-state index in [1.165, 1.54) is 12.1 Å². The molecule has 0 bridgehead atoms. The average Bonchev–Trinajstić information content (AvgIpc) is 2.56. The molecule has 0 fully saturated rings. The molecule has 1 N–H and O–H groups in total. The zero-order valence-electron chi connectivity index (χ0n) is 14.4. The lowest BCUT2D eigenvalue weighted by Gasteiger charge is -2.11. The largest absolute Gasteiger partial charge is 0.483 e. The molecule has 0 saturated heterocycles. The topological polar surface area (TPSA) is 64.6 Å². The van der Waals surface area contributed by atoms with Gasteiger partial charge in [-0.25, -0.2) is 4.79 Å². The van der Waals surface area contributed by atoms with Crippen LogP contribution in [0, 0.1) is 13.8 Å². The molecule has 0 spiro atoms. The molecule has 0 aliphatic heterocycles.